The van der Waals surface area contributed by atoms with Crippen molar-refractivity contribution < 1.29 is 9.18 Å². The molecule has 1 fully saturated rings. The van der Waals surface area contributed by atoms with Gasteiger partial charge in [0.2, 0.25) is 5.91 Å². The van der Waals surface area contributed by atoms with Crippen LogP contribution < -0.4 is 0 Å². The second-order valence-electron chi connectivity index (χ2n) is 6.92. The molecule has 2 aromatic carbocycles. The molecule has 1 unspecified atom stereocenters. The number of halogens is 1. The molecule has 0 saturated carbocycles. The highest BCUT2D eigenvalue weighted by Gasteiger charge is 2.25. The molecule has 0 radical (unpaired) electrons. The van der Waals surface area contributed by atoms with E-state index in [0.29, 0.717) is 11.4 Å². The molecule has 0 bridgehead atoms. The van der Waals surface area contributed by atoms with Gasteiger partial charge in [-0.1, -0.05) is 24.3 Å². The maximum Gasteiger partial charge on any atom is 0.242 e. The zero-order valence-electron chi connectivity index (χ0n) is 14.9. The van der Waals surface area contributed by atoms with Crippen LogP contribution in [0.25, 0.3) is 22.4 Å². The molecule has 4 rings (SSSR count). The third-order valence-electron chi connectivity index (χ3n) is 5.19. The zero-order valence-corrected chi connectivity index (χ0v) is 14.9. The highest BCUT2D eigenvalue weighted by atomic mass is 19.1. The fourth-order valence-electron chi connectivity index (χ4n) is 3.78. The van der Waals surface area contributed by atoms with E-state index in [2.05, 4.69) is 11.9 Å². The Hall–Kier alpha value is -2.69. The molecule has 1 amide bonds. The van der Waals surface area contributed by atoms with Crippen LogP contribution in [0.2, 0.25) is 0 Å². The van der Waals surface area contributed by atoms with Crippen molar-refractivity contribution in [3.05, 3.63) is 54.3 Å². The largest absolute Gasteiger partial charge is 0.338 e. The van der Waals surface area contributed by atoms with Crippen molar-refractivity contribution in [3.8, 4) is 11.4 Å². The van der Waals surface area contributed by atoms with E-state index < -0.39 is 0 Å². The minimum absolute atomic E-state index is 0.0675. The molecule has 2 heterocycles. The van der Waals surface area contributed by atoms with Crippen molar-refractivity contribution >= 4 is 16.9 Å². The van der Waals surface area contributed by atoms with E-state index in [0.717, 1.165) is 30.4 Å². The Morgan fingerprint density at radius 3 is 2.73 bits per heavy atom. The second-order valence-corrected chi connectivity index (χ2v) is 6.92. The Morgan fingerprint density at radius 2 is 1.92 bits per heavy atom. The maximum atomic E-state index is 14.4. The number of likely N-dealkylation sites (tertiary alicyclic amines) is 1. The average Bonchev–Trinajstić information content (AvgIpc) is 3.01. The van der Waals surface area contributed by atoms with Crippen LogP contribution in [-0.4, -0.2) is 32.9 Å². The SMILES string of the molecule is CC1CCCCN1C(=O)Cn1c(-c2ccccc2F)nc2ccccc21. The summed E-state index contributed by atoms with van der Waals surface area (Å²) in [6.07, 6.45) is 3.25. The Labute approximate surface area is 152 Å². The zero-order chi connectivity index (χ0) is 18.1. The molecular weight excluding hydrogens is 329 g/mol. The Kier molecular flexibility index (Phi) is 4.45. The van der Waals surface area contributed by atoms with Gasteiger partial charge in [-0.2, -0.15) is 0 Å². The van der Waals surface area contributed by atoms with Crippen LogP contribution in [0.3, 0.4) is 0 Å². The van der Waals surface area contributed by atoms with Crippen LogP contribution in [0.15, 0.2) is 48.5 Å². The number of carbonyl (C=O) groups excluding carboxylic acids is 1. The van der Waals surface area contributed by atoms with Crippen molar-refractivity contribution in [1.82, 2.24) is 14.5 Å². The van der Waals surface area contributed by atoms with Crippen LogP contribution in [0, 0.1) is 5.82 Å². The number of hydrogen-bond acceptors (Lipinski definition) is 2. The monoisotopic (exact) mass is 351 g/mol. The topological polar surface area (TPSA) is 38.1 Å². The first-order valence-electron chi connectivity index (χ1n) is 9.15. The molecule has 5 heteroatoms. The number of imidazole rings is 1. The van der Waals surface area contributed by atoms with Crippen LogP contribution in [-0.2, 0) is 11.3 Å². The van der Waals surface area contributed by atoms with Crippen molar-refractivity contribution in [2.24, 2.45) is 0 Å². The quantitative estimate of drug-likeness (QED) is 0.708. The summed E-state index contributed by atoms with van der Waals surface area (Å²) in [4.78, 5) is 19.5. The summed E-state index contributed by atoms with van der Waals surface area (Å²) in [6.45, 7) is 3.07. The number of fused-ring (bicyclic) bond motifs is 1. The third-order valence-corrected chi connectivity index (χ3v) is 5.19. The molecule has 0 spiro atoms. The van der Waals surface area contributed by atoms with Gasteiger partial charge in [0.05, 0.1) is 16.6 Å². The summed E-state index contributed by atoms with van der Waals surface area (Å²) >= 11 is 0. The first-order valence-corrected chi connectivity index (χ1v) is 9.15. The van der Waals surface area contributed by atoms with Gasteiger partial charge in [-0.05, 0) is 50.5 Å². The van der Waals surface area contributed by atoms with Crippen molar-refractivity contribution in [2.45, 2.75) is 38.8 Å². The molecule has 3 aromatic rings. The number of hydrogen-bond donors (Lipinski definition) is 0. The summed E-state index contributed by atoms with van der Waals surface area (Å²) in [5.74, 6) is 0.239. The Bertz CT molecular complexity index is 949. The first kappa shape index (κ1) is 16.8. The first-order chi connectivity index (χ1) is 12.6. The number of benzene rings is 2. The van der Waals surface area contributed by atoms with Crippen LogP contribution in [0.5, 0.6) is 0 Å². The molecule has 0 aliphatic carbocycles. The number of carbonyl (C=O) groups is 1. The minimum Gasteiger partial charge on any atom is -0.338 e. The Balaban J connectivity index is 1.77. The molecule has 0 N–H and O–H groups in total. The lowest BCUT2D eigenvalue weighted by Crippen LogP contribution is -2.43. The number of nitrogens with zero attached hydrogens (tertiary/aromatic N) is 3. The second kappa shape index (κ2) is 6.90. The van der Waals surface area contributed by atoms with Crippen molar-refractivity contribution in [2.75, 3.05) is 6.54 Å². The summed E-state index contributed by atoms with van der Waals surface area (Å²) in [7, 11) is 0. The summed E-state index contributed by atoms with van der Waals surface area (Å²) in [5, 5.41) is 0. The molecule has 1 aliphatic heterocycles. The number of amides is 1. The van der Waals surface area contributed by atoms with Gasteiger partial charge in [0.25, 0.3) is 0 Å². The van der Waals surface area contributed by atoms with Crippen LogP contribution >= 0.6 is 0 Å². The van der Waals surface area contributed by atoms with E-state index in [9.17, 15) is 9.18 Å². The van der Waals surface area contributed by atoms with Gasteiger partial charge >= 0.3 is 0 Å². The number of para-hydroxylation sites is 2. The van der Waals surface area contributed by atoms with Gasteiger partial charge in [0.15, 0.2) is 0 Å². The van der Waals surface area contributed by atoms with Gasteiger partial charge in [0.1, 0.15) is 18.2 Å². The lowest BCUT2D eigenvalue weighted by atomic mass is 10.0. The van der Waals surface area contributed by atoms with Crippen molar-refractivity contribution in [3.63, 3.8) is 0 Å². The fourth-order valence-corrected chi connectivity index (χ4v) is 3.78. The van der Waals surface area contributed by atoms with E-state index in [1.54, 1.807) is 18.2 Å². The molecule has 26 heavy (non-hydrogen) atoms. The van der Waals surface area contributed by atoms with Gasteiger partial charge in [-0.3, -0.25) is 4.79 Å². The van der Waals surface area contributed by atoms with E-state index in [-0.39, 0.29) is 24.3 Å². The minimum atomic E-state index is -0.331. The molecule has 1 aromatic heterocycles. The van der Waals surface area contributed by atoms with Gasteiger partial charge in [-0.15, -0.1) is 0 Å². The van der Waals surface area contributed by atoms with E-state index in [4.69, 9.17) is 0 Å². The van der Waals surface area contributed by atoms with Gasteiger partial charge in [-0.25, -0.2) is 9.37 Å². The van der Waals surface area contributed by atoms with E-state index in [1.807, 2.05) is 33.7 Å². The molecule has 134 valence electrons. The maximum absolute atomic E-state index is 14.4. The normalized spacial score (nSPS) is 17.6. The van der Waals surface area contributed by atoms with Gasteiger partial charge < -0.3 is 9.47 Å². The molecular formula is C21H22FN3O. The summed E-state index contributed by atoms with van der Waals surface area (Å²) in [5.41, 5.74) is 2.04. The summed E-state index contributed by atoms with van der Waals surface area (Å²) in [6, 6.07) is 14.5. The average molecular weight is 351 g/mol. The smallest absolute Gasteiger partial charge is 0.242 e. The Morgan fingerprint density at radius 1 is 1.15 bits per heavy atom. The summed E-state index contributed by atoms with van der Waals surface area (Å²) < 4.78 is 16.2. The third kappa shape index (κ3) is 2.98. The standard InChI is InChI=1S/C21H22FN3O/c1-15-8-6-7-13-24(15)20(26)14-25-19-12-5-4-11-18(19)23-21(25)16-9-2-3-10-17(16)22/h2-5,9-12,15H,6-8,13-14H2,1H3. The fraction of sp³-hybridized carbons (Fsp3) is 0.333. The van der Waals surface area contributed by atoms with Crippen molar-refractivity contribution in [1.29, 1.82) is 0 Å². The highest BCUT2D eigenvalue weighted by molar-refractivity contribution is 5.84. The van der Waals surface area contributed by atoms with Gasteiger partial charge in [0, 0.05) is 12.6 Å². The molecule has 1 atom stereocenters. The number of rotatable bonds is 3. The lowest BCUT2D eigenvalue weighted by Gasteiger charge is -2.33. The van der Waals surface area contributed by atoms with E-state index >= 15 is 0 Å². The van der Waals surface area contributed by atoms with Crippen LogP contribution in [0.4, 0.5) is 4.39 Å². The lowest BCUT2D eigenvalue weighted by molar-refractivity contribution is -0.134. The van der Waals surface area contributed by atoms with Crippen LogP contribution in [0.1, 0.15) is 26.2 Å². The molecule has 4 nitrogen and oxygen atoms in total. The predicted molar refractivity (Wildman–Crippen MR) is 100 cm³/mol. The predicted octanol–water partition coefficient (Wildman–Crippen LogP) is 4.24. The molecule has 1 saturated heterocycles. The number of aromatic nitrogens is 2. The number of piperidine rings is 1. The molecule has 1 aliphatic rings. The highest BCUT2D eigenvalue weighted by Crippen LogP contribution is 2.27. The van der Waals surface area contributed by atoms with E-state index in [1.165, 1.54) is 12.5 Å².